The highest BCUT2D eigenvalue weighted by atomic mass is 35.5. The van der Waals surface area contributed by atoms with Gasteiger partial charge in [-0.15, -0.1) is 15.3 Å². The lowest BCUT2D eigenvalue weighted by molar-refractivity contribution is -0.139. The first-order valence-electron chi connectivity index (χ1n) is 13.9. The van der Waals surface area contributed by atoms with Gasteiger partial charge in [-0.2, -0.15) is 4.68 Å². The van der Waals surface area contributed by atoms with Crippen molar-refractivity contribution in [3.05, 3.63) is 87.8 Å². The summed E-state index contributed by atoms with van der Waals surface area (Å²) in [6.07, 6.45) is 4.14. The van der Waals surface area contributed by atoms with Gasteiger partial charge in [-0.05, 0) is 52.8 Å². The van der Waals surface area contributed by atoms with Gasteiger partial charge in [0, 0.05) is 40.9 Å². The van der Waals surface area contributed by atoms with Crippen molar-refractivity contribution in [2.24, 2.45) is 0 Å². The number of nitrogens with one attached hydrogen (secondary N) is 1. The molecule has 1 aliphatic rings. The Bertz CT molecular complexity index is 1720. The zero-order valence-electron chi connectivity index (χ0n) is 24.0. The number of ether oxygens (including phenoxy) is 1. The van der Waals surface area contributed by atoms with E-state index in [2.05, 4.69) is 31.0 Å². The van der Waals surface area contributed by atoms with Crippen molar-refractivity contribution in [3.63, 3.8) is 0 Å². The van der Waals surface area contributed by atoms with Crippen LogP contribution in [0.25, 0.3) is 23.0 Å². The van der Waals surface area contributed by atoms with E-state index < -0.39 is 18.1 Å². The van der Waals surface area contributed by atoms with Crippen molar-refractivity contribution in [2.75, 3.05) is 20.2 Å². The lowest BCUT2D eigenvalue weighted by atomic mass is 10.0. The molecule has 2 aromatic heterocycles. The summed E-state index contributed by atoms with van der Waals surface area (Å²) in [5.74, 6) is -1.14. The van der Waals surface area contributed by atoms with Gasteiger partial charge >= 0.3 is 5.97 Å². The Hall–Kier alpha value is -4.72. The zero-order chi connectivity index (χ0) is 31.9. The van der Waals surface area contributed by atoms with Gasteiger partial charge in [0.25, 0.3) is 0 Å². The van der Waals surface area contributed by atoms with Crippen LogP contribution in [0.1, 0.15) is 35.6 Å². The summed E-state index contributed by atoms with van der Waals surface area (Å²) in [5.41, 5.74) is 3.44. The smallest absolute Gasteiger partial charge is 0.309 e. The maximum Gasteiger partial charge on any atom is 0.309 e. The summed E-state index contributed by atoms with van der Waals surface area (Å²) in [4.78, 5) is 39.7. The Labute approximate surface area is 267 Å². The number of carbonyl (C=O) groups excluding carboxylic acids is 3. The van der Waals surface area contributed by atoms with Crippen LogP contribution in [0.5, 0.6) is 0 Å². The van der Waals surface area contributed by atoms with E-state index in [-0.39, 0.29) is 36.4 Å². The van der Waals surface area contributed by atoms with Crippen LogP contribution in [0, 0.1) is 0 Å². The number of methoxy groups -OCH3 is 1. The van der Waals surface area contributed by atoms with E-state index in [1.807, 2.05) is 0 Å². The third kappa shape index (κ3) is 8.06. The van der Waals surface area contributed by atoms with Crippen molar-refractivity contribution in [3.8, 4) is 16.9 Å². The predicted molar refractivity (Wildman–Crippen MR) is 164 cm³/mol. The van der Waals surface area contributed by atoms with Crippen LogP contribution >= 0.6 is 23.2 Å². The molecule has 5 rings (SSSR count). The summed E-state index contributed by atoms with van der Waals surface area (Å²) in [6.45, 7) is 0.611. The minimum atomic E-state index is -0.883. The molecule has 4 aromatic rings. The number of likely N-dealkylation sites (tertiary alicyclic amines) is 1. The summed E-state index contributed by atoms with van der Waals surface area (Å²) in [7, 11) is 1.33. The first-order valence-corrected chi connectivity index (χ1v) is 14.6. The highest BCUT2D eigenvalue weighted by Gasteiger charge is 2.29. The van der Waals surface area contributed by atoms with Crippen LogP contribution in [0.15, 0.2) is 60.9 Å². The molecule has 0 spiro atoms. The molecule has 2 N–H and O–H groups in total. The number of halogens is 2. The molecule has 45 heavy (non-hydrogen) atoms. The van der Waals surface area contributed by atoms with Gasteiger partial charge in [-0.3, -0.25) is 14.4 Å². The molecule has 1 saturated heterocycles. The number of carbonyl (C=O) groups is 3. The maximum atomic E-state index is 13.3. The van der Waals surface area contributed by atoms with Crippen molar-refractivity contribution < 1.29 is 24.2 Å². The molecule has 0 aliphatic carbocycles. The first kappa shape index (κ1) is 31.7. The molecule has 1 fully saturated rings. The van der Waals surface area contributed by atoms with E-state index in [1.54, 1.807) is 59.5 Å². The number of β-amino-alcohol motifs (C(OH)–C–C–N with tert-alkyl or cyclic N) is 1. The first-order chi connectivity index (χ1) is 21.7. The predicted octanol–water partition coefficient (Wildman–Crippen LogP) is 3.00. The van der Waals surface area contributed by atoms with Gasteiger partial charge in [0.15, 0.2) is 5.15 Å². The number of amides is 2. The van der Waals surface area contributed by atoms with Gasteiger partial charge in [0.05, 0.1) is 43.5 Å². The number of hydrogen-bond donors (Lipinski definition) is 2. The van der Waals surface area contributed by atoms with E-state index in [0.717, 1.165) is 5.56 Å². The van der Waals surface area contributed by atoms with Crippen LogP contribution in [0.2, 0.25) is 10.2 Å². The lowest BCUT2D eigenvalue weighted by Gasteiger charge is -2.23. The fourth-order valence-electron chi connectivity index (χ4n) is 4.84. The Morgan fingerprint density at radius 3 is 2.62 bits per heavy atom. The molecular formula is C30H28Cl2N8O5. The SMILES string of the molecule is COC(=O)Cc1ccc(-c2cc(C(CC(=O)N3CC[C@@H](O)C3)NC(=O)/C=C/c3cc(Cl)ccc3-n3cnnn3)c(Cl)nn2)cc1. The number of rotatable bonds is 10. The molecule has 15 heteroatoms. The Morgan fingerprint density at radius 2 is 1.93 bits per heavy atom. The van der Waals surface area contributed by atoms with Crippen molar-refractivity contribution in [1.82, 2.24) is 40.6 Å². The quantitative estimate of drug-likeness (QED) is 0.192. The molecule has 3 heterocycles. The minimum Gasteiger partial charge on any atom is -0.469 e. The number of tetrazole rings is 1. The highest BCUT2D eigenvalue weighted by molar-refractivity contribution is 6.31. The molecule has 2 amide bonds. The Morgan fingerprint density at radius 1 is 1.13 bits per heavy atom. The second kappa shape index (κ2) is 14.4. The Balaban J connectivity index is 1.42. The van der Waals surface area contributed by atoms with Crippen LogP contribution in [0.3, 0.4) is 0 Å². The van der Waals surface area contributed by atoms with Crippen molar-refractivity contribution in [1.29, 1.82) is 0 Å². The van der Waals surface area contributed by atoms with Gasteiger partial charge in [0.1, 0.15) is 6.33 Å². The number of nitrogens with zero attached hydrogens (tertiary/aromatic N) is 7. The van der Waals surface area contributed by atoms with Crippen LogP contribution < -0.4 is 5.32 Å². The molecular weight excluding hydrogens is 623 g/mol. The van der Waals surface area contributed by atoms with Crippen molar-refractivity contribution in [2.45, 2.75) is 31.4 Å². The van der Waals surface area contributed by atoms with E-state index in [4.69, 9.17) is 27.9 Å². The maximum absolute atomic E-state index is 13.3. The molecule has 232 valence electrons. The van der Waals surface area contributed by atoms with E-state index in [0.29, 0.717) is 46.1 Å². The minimum absolute atomic E-state index is 0.0143. The lowest BCUT2D eigenvalue weighted by Crippen LogP contribution is -2.35. The fourth-order valence-corrected chi connectivity index (χ4v) is 5.25. The molecule has 1 unspecified atom stereocenters. The zero-order valence-corrected chi connectivity index (χ0v) is 25.5. The van der Waals surface area contributed by atoms with Gasteiger partial charge in [-0.25, -0.2) is 0 Å². The number of aromatic nitrogens is 6. The average Bonchev–Trinajstić information content (AvgIpc) is 3.73. The number of hydrogen-bond acceptors (Lipinski definition) is 10. The Kier molecular flexibility index (Phi) is 10.1. The number of aliphatic hydroxyl groups excluding tert-OH is 1. The number of esters is 1. The molecule has 0 radical (unpaired) electrons. The molecule has 0 saturated carbocycles. The number of aliphatic hydroxyl groups is 1. The second-order valence-electron chi connectivity index (χ2n) is 10.3. The largest absolute Gasteiger partial charge is 0.469 e. The van der Waals surface area contributed by atoms with E-state index in [9.17, 15) is 19.5 Å². The third-order valence-electron chi connectivity index (χ3n) is 7.19. The highest BCUT2D eigenvalue weighted by Crippen LogP contribution is 2.29. The monoisotopic (exact) mass is 650 g/mol. The van der Waals surface area contributed by atoms with Crippen molar-refractivity contribution >= 4 is 47.1 Å². The second-order valence-corrected chi connectivity index (χ2v) is 11.1. The molecule has 0 bridgehead atoms. The molecule has 13 nitrogen and oxygen atoms in total. The summed E-state index contributed by atoms with van der Waals surface area (Å²) >= 11 is 12.7. The normalized spacial score (nSPS) is 15.3. The van der Waals surface area contributed by atoms with E-state index in [1.165, 1.54) is 24.2 Å². The average molecular weight is 652 g/mol. The van der Waals surface area contributed by atoms with Gasteiger partial charge in [0.2, 0.25) is 11.8 Å². The molecule has 1 aliphatic heterocycles. The third-order valence-corrected chi connectivity index (χ3v) is 7.72. The topological polar surface area (TPSA) is 165 Å². The summed E-state index contributed by atoms with van der Waals surface area (Å²) < 4.78 is 6.16. The van der Waals surface area contributed by atoms with Gasteiger partial charge in [-0.1, -0.05) is 47.5 Å². The van der Waals surface area contributed by atoms with Crippen LogP contribution in [-0.2, 0) is 25.5 Å². The molecule has 2 aromatic carbocycles. The van der Waals surface area contributed by atoms with Gasteiger partial charge < -0.3 is 20.1 Å². The summed E-state index contributed by atoms with van der Waals surface area (Å²) in [6, 6.07) is 12.9. The standard InChI is InChI=1S/C30H28Cl2N8O5/c1-45-29(44)12-18-2-4-19(5-3-18)24-14-23(30(32)36-35-24)25(15-28(43)39-11-10-22(41)16-39)34-27(42)9-6-20-13-21(31)7-8-26(20)40-17-33-37-38-40/h2-9,13-14,17,22,25,41H,10-12,15-16H2,1H3,(H,34,42)/b9-6+/t22-,25?/m1/s1. The fraction of sp³-hybridized carbons (Fsp3) is 0.267. The van der Waals surface area contributed by atoms with Crippen LogP contribution in [-0.4, -0.2) is 84.5 Å². The summed E-state index contributed by atoms with van der Waals surface area (Å²) in [5, 5.41) is 32.8. The van der Waals surface area contributed by atoms with E-state index >= 15 is 0 Å². The number of benzene rings is 2. The molecule has 2 atom stereocenters. The van der Waals surface area contributed by atoms with Crippen LogP contribution in [0.4, 0.5) is 0 Å².